The molecule has 3 heterocycles. The molecule has 1 aromatic carbocycles. The number of carbonyl (C=O) groups is 5. The second-order valence-corrected chi connectivity index (χ2v) is 17.2. The second-order valence-electron chi connectivity index (χ2n) is 15.2. The standard InChI is InChI=1S/C35H46FN5O9S/c1-34(2,3)50-32(45)37-27-10-8-6-4-5-7-9-23-17-35(23,31(44)39-51(47,48)26-13-14-26)38-29(42)28-16-25(20-41(28)30(27)43)49-33(46)40-18-21-11-12-24(36)15-22(21)19-40/h7,9,11-12,15,23,25-28H,4-6,8,10,13-14,16-20H2,1-3H3,(H,37,45)(H,38,42)(H,39,44)/b9-7-/t23-,25+,27-,28-,35+/m0/s1. The zero-order valence-corrected chi connectivity index (χ0v) is 29.9. The number of hydrogen-bond acceptors (Lipinski definition) is 9. The molecule has 0 unspecified atom stereocenters. The SMILES string of the molecule is CC(C)(C)OC(=O)N[C@H]1CCCCC/C=C\[C@H]2C[C@@]2(C(=O)NS(=O)(=O)C2CC2)NC(=O)[C@@H]2C[C@@H](OC(=O)N3Cc4ccc(F)cc4C3)CN2C1=O. The van der Waals surface area contributed by atoms with Crippen LogP contribution in [0.5, 0.6) is 0 Å². The molecular formula is C35H46FN5O9S. The number of halogens is 1. The molecular weight excluding hydrogens is 685 g/mol. The van der Waals surface area contributed by atoms with Crippen LogP contribution in [0.15, 0.2) is 30.4 Å². The number of allylic oxidation sites excluding steroid dienone is 1. The topological polar surface area (TPSA) is 181 Å². The molecule has 2 saturated carbocycles. The van der Waals surface area contributed by atoms with E-state index in [1.807, 2.05) is 12.2 Å². The monoisotopic (exact) mass is 731 g/mol. The van der Waals surface area contributed by atoms with Gasteiger partial charge in [-0.3, -0.25) is 24.0 Å². The molecule has 1 aromatic rings. The Morgan fingerprint density at radius 3 is 2.51 bits per heavy atom. The van der Waals surface area contributed by atoms with E-state index < -0.39 is 86.2 Å². The first-order valence-electron chi connectivity index (χ1n) is 17.6. The molecule has 1 saturated heterocycles. The summed E-state index contributed by atoms with van der Waals surface area (Å²) in [5.41, 5.74) is -0.960. The maximum atomic E-state index is 14.3. The van der Waals surface area contributed by atoms with Gasteiger partial charge in [-0.05, 0) is 82.6 Å². The third kappa shape index (κ3) is 8.47. The van der Waals surface area contributed by atoms with Gasteiger partial charge in [0.2, 0.25) is 21.8 Å². The molecule has 0 bridgehead atoms. The molecule has 51 heavy (non-hydrogen) atoms. The van der Waals surface area contributed by atoms with Crippen LogP contribution in [0.4, 0.5) is 14.0 Å². The van der Waals surface area contributed by atoms with Crippen molar-refractivity contribution in [3.8, 4) is 0 Å². The minimum absolute atomic E-state index is 0.115. The van der Waals surface area contributed by atoms with Crippen molar-refractivity contribution >= 4 is 39.9 Å². The predicted molar refractivity (Wildman–Crippen MR) is 180 cm³/mol. The number of rotatable bonds is 5. The molecule has 278 valence electrons. The predicted octanol–water partition coefficient (Wildman–Crippen LogP) is 3.14. The average Bonchev–Trinajstić information content (AvgIpc) is 3.93. The molecule has 6 rings (SSSR count). The molecule has 3 N–H and O–H groups in total. The zero-order valence-electron chi connectivity index (χ0n) is 29.1. The van der Waals surface area contributed by atoms with E-state index in [9.17, 15) is 36.8 Å². The van der Waals surface area contributed by atoms with Gasteiger partial charge in [0.1, 0.15) is 35.1 Å². The quantitative estimate of drug-likeness (QED) is 0.384. The summed E-state index contributed by atoms with van der Waals surface area (Å²) in [6, 6.07) is 1.99. The van der Waals surface area contributed by atoms with Crippen LogP contribution in [-0.4, -0.2) is 89.2 Å². The van der Waals surface area contributed by atoms with Crippen molar-refractivity contribution in [1.29, 1.82) is 0 Å². The first-order valence-corrected chi connectivity index (χ1v) is 19.2. The minimum atomic E-state index is -3.92. The van der Waals surface area contributed by atoms with Gasteiger partial charge in [-0.15, -0.1) is 0 Å². The van der Waals surface area contributed by atoms with E-state index in [4.69, 9.17) is 9.47 Å². The maximum absolute atomic E-state index is 14.3. The molecule has 5 atom stereocenters. The summed E-state index contributed by atoms with van der Waals surface area (Å²) in [6.07, 6.45) is 5.21. The Morgan fingerprint density at radius 2 is 1.78 bits per heavy atom. The van der Waals surface area contributed by atoms with Crippen LogP contribution in [-0.2, 0) is 47.0 Å². The molecule has 5 aliphatic rings. The van der Waals surface area contributed by atoms with E-state index in [-0.39, 0.29) is 38.9 Å². The lowest BCUT2D eigenvalue weighted by molar-refractivity contribution is -0.141. The highest BCUT2D eigenvalue weighted by molar-refractivity contribution is 7.91. The first-order chi connectivity index (χ1) is 24.0. The second kappa shape index (κ2) is 14.1. The number of ether oxygens (including phenoxy) is 2. The molecule has 3 aliphatic heterocycles. The summed E-state index contributed by atoms with van der Waals surface area (Å²) in [7, 11) is -3.92. The van der Waals surface area contributed by atoms with Crippen molar-refractivity contribution in [2.45, 2.75) is 126 Å². The van der Waals surface area contributed by atoms with Crippen LogP contribution in [0, 0.1) is 11.7 Å². The number of carbonyl (C=O) groups excluding carboxylic acids is 5. The van der Waals surface area contributed by atoms with Gasteiger partial charge in [0.05, 0.1) is 11.8 Å². The number of benzene rings is 1. The molecule has 5 amide bonds. The fourth-order valence-corrected chi connectivity index (χ4v) is 8.37. The average molecular weight is 732 g/mol. The smallest absolute Gasteiger partial charge is 0.410 e. The molecule has 0 radical (unpaired) electrons. The number of nitrogens with zero attached hydrogens (tertiary/aromatic N) is 2. The summed E-state index contributed by atoms with van der Waals surface area (Å²) in [6.45, 7) is 5.24. The van der Waals surface area contributed by atoms with Gasteiger partial charge >= 0.3 is 12.2 Å². The fraction of sp³-hybridized carbons (Fsp3) is 0.629. The number of fused-ring (bicyclic) bond motifs is 3. The lowest BCUT2D eigenvalue weighted by Crippen LogP contribution is -2.58. The summed E-state index contributed by atoms with van der Waals surface area (Å²) in [5.74, 6) is -3.03. The Morgan fingerprint density at radius 1 is 1.04 bits per heavy atom. The van der Waals surface area contributed by atoms with Gasteiger partial charge in [-0.2, -0.15) is 0 Å². The Hall–Kier alpha value is -4.21. The first kappa shape index (κ1) is 36.6. The Bertz CT molecular complexity index is 1730. The van der Waals surface area contributed by atoms with Gasteiger partial charge in [0.25, 0.3) is 5.91 Å². The van der Waals surface area contributed by atoms with E-state index in [0.717, 1.165) is 18.4 Å². The minimum Gasteiger partial charge on any atom is -0.444 e. The third-order valence-electron chi connectivity index (χ3n) is 9.95. The highest BCUT2D eigenvalue weighted by Gasteiger charge is 2.62. The van der Waals surface area contributed by atoms with Crippen LogP contribution >= 0.6 is 0 Å². The maximum Gasteiger partial charge on any atom is 0.410 e. The van der Waals surface area contributed by atoms with Crippen LogP contribution in [0.2, 0.25) is 0 Å². The number of nitrogens with one attached hydrogen (secondary N) is 3. The zero-order chi connectivity index (χ0) is 36.7. The van der Waals surface area contributed by atoms with Gasteiger partial charge in [0, 0.05) is 25.4 Å². The Labute approximate surface area is 296 Å². The summed E-state index contributed by atoms with van der Waals surface area (Å²) >= 11 is 0. The van der Waals surface area contributed by atoms with Crippen molar-refractivity contribution in [2.24, 2.45) is 5.92 Å². The Kier molecular flexibility index (Phi) is 10.1. The van der Waals surface area contributed by atoms with E-state index >= 15 is 0 Å². The van der Waals surface area contributed by atoms with Gasteiger partial charge < -0.3 is 25.0 Å². The fourth-order valence-electron chi connectivity index (χ4n) is 7.01. The molecule has 14 nitrogen and oxygen atoms in total. The lowest BCUT2D eigenvalue weighted by atomic mass is 10.0. The van der Waals surface area contributed by atoms with Crippen molar-refractivity contribution in [2.75, 3.05) is 6.54 Å². The summed E-state index contributed by atoms with van der Waals surface area (Å²) in [4.78, 5) is 70.9. The highest BCUT2D eigenvalue weighted by Crippen LogP contribution is 2.46. The Balaban J connectivity index is 1.25. The number of alkyl carbamates (subject to hydrolysis) is 1. The van der Waals surface area contributed by atoms with E-state index in [0.29, 0.717) is 31.2 Å². The van der Waals surface area contributed by atoms with Crippen molar-refractivity contribution in [3.05, 3.63) is 47.3 Å². The molecule has 2 aliphatic carbocycles. The van der Waals surface area contributed by atoms with Crippen molar-refractivity contribution in [1.82, 2.24) is 25.2 Å². The highest BCUT2D eigenvalue weighted by atomic mass is 32.2. The van der Waals surface area contributed by atoms with E-state index in [2.05, 4.69) is 15.4 Å². The molecule has 16 heteroatoms. The van der Waals surface area contributed by atoms with E-state index in [1.165, 1.54) is 21.9 Å². The van der Waals surface area contributed by atoms with Crippen LogP contribution in [0.1, 0.15) is 89.7 Å². The molecule has 0 aromatic heterocycles. The van der Waals surface area contributed by atoms with Crippen LogP contribution < -0.4 is 15.4 Å². The van der Waals surface area contributed by atoms with E-state index in [1.54, 1.807) is 26.8 Å². The van der Waals surface area contributed by atoms with Gasteiger partial charge in [-0.25, -0.2) is 22.4 Å². The van der Waals surface area contributed by atoms with Gasteiger partial charge in [-0.1, -0.05) is 31.1 Å². The van der Waals surface area contributed by atoms with Crippen molar-refractivity contribution < 1.29 is 46.3 Å². The molecule has 0 spiro atoms. The summed E-state index contributed by atoms with van der Waals surface area (Å²) in [5, 5.41) is 4.80. The summed E-state index contributed by atoms with van der Waals surface area (Å²) < 4.78 is 52.7. The van der Waals surface area contributed by atoms with Crippen molar-refractivity contribution in [3.63, 3.8) is 0 Å². The van der Waals surface area contributed by atoms with Crippen LogP contribution in [0.25, 0.3) is 0 Å². The lowest BCUT2D eigenvalue weighted by Gasteiger charge is -2.30. The third-order valence-corrected chi connectivity index (χ3v) is 11.8. The van der Waals surface area contributed by atoms with Crippen LogP contribution in [0.3, 0.4) is 0 Å². The number of hydrogen-bond donors (Lipinski definition) is 3. The molecule has 3 fully saturated rings. The number of sulfonamides is 1. The largest absolute Gasteiger partial charge is 0.444 e. The van der Waals surface area contributed by atoms with Gasteiger partial charge in [0.15, 0.2) is 0 Å². The normalized spacial score (nSPS) is 28.9. The number of amides is 5.